The van der Waals surface area contributed by atoms with E-state index in [0.717, 1.165) is 65.9 Å². The average Bonchev–Trinajstić information content (AvgIpc) is 3.19. The summed E-state index contributed by atoms with van der Waals surface area (Å²) < 4.78 is 20.4. The van der Waals surface area contributed by atoms with Gasteiger partial charge in [0.1, 0.15) is 30.1 Å². The molecule has 1 fully saturated rings. The number of hydrogen-bond acceptors (Lipinski definition) is 11. The number of aliphatic hydroxyl groups excluding tert-OH is 2. The summed E-state index contributed by atoms with van der Waals surface area (Å²) in [6.45, 7) is 6.74. The van der Waals surface area contributed by atoms with Crippen LogP contribution in [0.25, 0.3) is 0 Å². The van der Waals surface area contributed by atoms with Crippen LogP contribution >= 0.6 is 11.8 Å². The lowest BCUT2D eigenvalue weighted by molar-refractivity contribution is -0.384. The van der Waals surface area contributed by atoms with E-state index in [1.54, 1.807) is 48.2 Å². The highest BCUT2D eigenvalue weighted by Crippen LogP contribution is 2.62. The molecule has 0 spiro atoms. The molecule has 292 valence electrons. The summed E-state index contributed by atoms with van der Waals surface area (Å²) in [5.74, 6) is 1.49. The Kier molecular flexibility index (Phi) is 13.8. The van der Waals surface area contributed by atoms with Gasteiger partial charge in [-0.2, -0.15) is 11.8 Å². The van der Waals surface area contributed by atoms with Gasteiger partial charge in [-0.25, -0.2) is 0 Å². The molecule has 6 rings (SSSR count). The minimum atomic E-state index is -1.07. The van der Waals surface area contributed by atoms with E-state index in [1.807, 2.05) is 18.2 Å². The molecular weight excluding hydrogens is 721 g/mol. The molecule has 2 aliphatic carbocycles. The maximum Gasteiger partial charge on any atom is 0.269 e. The minimum absolute atomic E-state index is 0.0115. The number of non-ortho nitro benzene ring substituents is 1. The Labute approximate surface area is 326 Å². The summed E-state index contributed by atoms with van der Waals surface area (Å²) in [7, 11) is 0. The van der Waals surface area contributed by atoms with Crippen molar-refractivity contribution in [3.63, 3.8) is 0 Å². The Bertz CT molecular complexity index is 1860. The van der Waals surface area contributed by atoms with Crippen LogP contribution in [-0.2, 0) is 16.2 Å². The molecular formula is C43H50N2O9S. The van der Waals surface area contributed by atoms with Gasteiger partial charge in [0.25, 0.3) is 5.69 Å². The van der Waals surface area contributed by atoms with Gasteiger partial charge in [0.05, 0.1) is 28.4 Å². The molecule has 0 radical (unpaired) electrons. The van der Waals surface area contributed by atoms with Crippen LogP contribution in [0.3, 0.4) is 0 Å². The minimum Gasteiger partial charge on any atom is -0.460 e. The molecule has 0 unspecified atom stereocenters. The van der Waals surface area contributed by atoms with E-state index in [0.29, 0.717) is 36.3 Å². The number of allylic oxidation sites excluding steroid dienone is 1. The van der Waals surface area contributed by atoms with Crippen LogP contribution in [0.4, 0.5) is 5.69 Å². The molecule has 3 aliphatic rings. The fourth-order valence-corrected chi connectivity index (χ4v) is 9.60. The van der Waals surface area contributed by atoms with Crippen molar-refractivity contribution in [3.05, 3.63) is 118 Å². The monoisotopic (exact) mass is 770 g/mol. The van der Waals surface area contributed by atoms with Gasteiger partial charge in [0.2, 0.25) is 5.79 Å². The number of rotatable bonds is 20. The maximum atomic E-state index is 11.5. The van der Waals surface area contributed by atoms with E-state index < -0.39 is 10.7 Å². The molecule has 1 aliphatic heterocycles. The van der Waals surface area contributed by atoms with Crippen molar-refractivity contribution >= 4 is 29.4 Å². The van der Waals surface area contributed by atoms with Crippen LogP contribution in [0, 0.1) is 27.9 Å². The summed E-state index contributed by atoms with van der Waals surface area (Å²) in [5.41, 5.74) is 4.10. The molecule has 0 amide bonds. The number of hydrogen-bond donors (Lipinski definition) is 2. The molecule has 2 N–H and O–H groups in total. The Morgan fingerprint density at radius 1 is 1.04 bits per heavy atom. The molecule has 0 saturated heterocycles. The first-order valence-corrected chi connectivity index (χ1v) is 20.2. The summed E-state index contributed by atoms with van der Waals surface area (Å²) >= 11 is 1.76. The molecule has 1 heterocycles. The number of fused-ring (bicyclic) bond motifs is 2. The first-order chi connectivity index (χ1) is 26.8. The van der Waals surface area contributed by atoms with E-state index in [9.17, 15) is 25.1 Å². The number of thioether (sulfide) groups is 1. The van der Waals surface area contributed by atoms with Crippen molar-refractivity contribution in [2.24, 2.45) is 22.9 Å². The lowest BCUT2D eigenvalue weighted by Gasteiger charge is -2.58. The Morgan fingerprint density at radius 2 is 1.80 bits per heavy atom. The van der Waals surface area contributed by atoms with Crippen LogP contribution in [0.2, 0.25) is 0 Å². The zero-order valence-electron chi connectivity index (χ0n) is 31.2. The quantitative estimate of drug-likeness (QED) is 0.0375. The third kappa shape index (κ3) is 8.99. The first-order valence-electron chi connectivity index (χ1n) is 19.1. The third-order valence-corrected chi connectivity index (χ3v) is 12.0. The van der Waals surface area contributed by atoms with Gasteiger partial charge in [-0.15, -0.1) is 6.58 Å². The number of benzene rings is 3. The summed E-state index contributed by atoms with van der Waals surface area (Å²) in [6, 6.07) is 19.2. The number of ether oxygens (including phenoxy) is 3. The van der Waals surface area contributed by atoms with E-state index >= 15 is 0 Å². The lowest BCUT2D eigenvalue weighted by atomic mass is 9.56. The van der Waals surface area contributed by atoms with Crippen LogP contribution in [0.5, 0.6) is 17.2 Å². The lowest BCUT2D eigenvalue weighted by Crippen LogP contribution is -2.64. The van der Waals surface area contributed by atoms with Crippen molar-refractivity contribution < 1.29 is 39.0 Å². The highest BCUT2D eigenvalue weighted by atomic mass is 32.2. The number of aldehydes is 1. The second-order valence-electron chi connectivity index (χ2n) is 14.2. The Morgan fingerprint density at radius 3 is 2.51 bits per heavy atom. The zero-order valence-corrected chi connectivity index (χ0v) is 32.0. The van der Waals surface area contributed by atoms with E-state index in [-0.39, 0.29) is 61.0 Å². The number of unbranched alkanes of at least 4 members (excludes halogenated alkanes) is 2. The number of oxime groups is 1. The van der Waals surface area contributed by atoms with Gasteiger partial charge in [0.15, 0.2) is 0 Å². The number of nitro benzene ring substituents is 1. The van der Waals surface area contributed by atoms with Gasteiger partial charge in [0, 0.05) is 48.8 Å². The molecule has 3 aromatic carbocycles. The second-order valence-corrected chi connectivity index (χ2v) is 15.7. The molecule has 11 nitrogen and oxygen atoms in total. The predicted molar refractivity (Wildman–Crippen MR) is 213 cm³/mol. The standard InChI is InChI=1S/C43H50N2O9S/c1-3-22-51-43-40(55-4-2)26-38(44-52-28-29-14-16-32(17-15-29)45(49)50)36-24-31(11-5-7-20-46)35(13-6-8-21-47)41(42(36)43)37-25-34(18-19-39(37)54-43)53-33-12-9-10-30(23-33)27-48/h3,9-10,12,14-19,23-25,27,31,35,40-42,46-47H,1,4-8,11,13,20-22,26,28H2,2H3/t31-,35+,40-,41+,42+,43+/m0/s1. The summed E-state index contributed by atoms with van der Waals surface area (Å²) in [5, 5.41) is 35.5. The SMILES string of the molecule is C=CCO[C@@]12Oc3ccc(Oc4cccc(C=O)c4)cc3[C@H]3[C@H](CCCCO)[C@@H](CCCCO)C=C(C(=NOCc4ccc([N+](=O)[O-])cc4)C[C@@H]1SCC)[C@H]32. The van der Waals surface area contributed by atoms with Gasteiger partial charge in [-0.05, 0) is 96.9 Å². The van der Waals surface area contributed by atoms with Crippen molar-refractivity contribution in [3.8, 4) is 17.2 Å². The van der Waals surface area contributed by atoms with Crippen molar-refractivity contribution in [2.45, 2.75) is 75.4 Å². The molecule has 3 aromatic rings. The second kappa shape index (κ2) is 18.9. The van der Waals surface area contributed by atoms with Gasteiger partial charge in [-0.3, -0.25) is 14.9 Å². The maximum absolute atomic E-state index is 11.5. The Balaban J connectivity index is 1.48. The van der Waals surface area contributed by atoms with Crippen molar-refractivity contribution in [2.75, 3.05) is 25.6 Å². The van der Waals surface area contributed by atoms with Crippen molar-refractivity contribution in [1.82, 2.24) is 0 Å². The molecule has 6 atom stereocenters. The van der Waals surface area contributed by atoms with Crippen LogP contribution in [0.1, 0.15) is 79.3 Å². The smallest absolute Gasteiger partial charge is 0.269 e. The van der Waals surface area contributed by atoms with Gasteiger partial charge < -0.3 is 29.3 Å². The zero-order chi connectivity index (χ0) is 38.8. The largest absolute Gasteiger partial charge is 0.460 e. The van der Waals surface area contributed by atoms with Gasteiger partial charge in [-0.1, -0.05) is 49.2 Å². The fraction of sp³-hybridized carbons (Fsp3) is 0.442. The third-order valence-electron chi connectivity index (χ3n) is 10.8. The fourth-order valence-electron chi connectivity index (χ4n) is 8.43. The van der Waals surface area contributed by atoms with E-state index in [2.05, 4.69) is 25.6 Å². The number of nitro groups is 1. The Hall–Kier alpha value is -4.49. The number of carbonyl (C=O) groups excluding carboxylic acids is 1. The predicted octanol–water partition coefficient (Wildman–Crippen LogP) is 8.79. The van der Waals surface area contributed by atoms with Crippen molar-refractivity contribution in [1.29, 1.82) is 0 Å². The first kappa shape index (κ1) is 40.2. The topological polar surface area (TPSA) is 150 Å². The number of aliphatic hydroxyl groups is 2. The molecule has 1 saturated carbocycles. The molecule has 0 bridgehead atoms. The average molecular weight is 771 g/mol. The number of carbonyl (C=O) groups is 1. The molecule has 55 heavy (non-hydrogen) atoms. The van der Waals surface area contributed by atoms with Gasteiger partial charge >= 0.3 is 0 Å². The molecule has 12 heteroatoms. The molecule has 0 aromatic heterocycles. The van der Waals surface area contributed by atoms with Crippen LogP contribution in [0.15, 0.2) is 96.2 Å². The normalized spacial score (nSPS) is 24.5. The summed E-state index contributed by atoms with van der Waals surface area (Å²) in [4.78, 5) is 28.4. The van der Waals surface area contributed by atoms with Crippen LogP contribution < -0.4 is 9.47 Å². The van der Waals surface area contributed by atoms with Crippen LogP contribution in [-0.4, -0.2) is 63.7 Å². The van der Waals surface area contributed by atoms with E-state index in [1.165, 1.54) is 12.1 Å². The highest BCUT2D eigenvalue weighted by Gasteiger charge is 2.63. The highest BCUT2D eigenvalue weighted by molar-refractivity contribution is 8.00. The van der Waals surface area contributed by atoms with E-state index in [4.69, 9.17) is 24.2 Å². The number of nitrogens with zero attached hydrogens (tertiary/aromatic N) is 2. The summed E-state index contributed by atoms with van der Waals surface area (Å²) in [6.07, 6.45) is 10.2.